The Morgan fingerprint density at radius 2 is 1.69 bits per heavy atom. The number of carbonyl (C=O) groups excluding carboxylic acids is 1. The lowest BCUT2D eigenvalue weighted by Gasteiger charge is -2.25. The van der Waals surface area contributed by atoms with Crippen LogP contribution in [-0.4, -0.2) is 39.7 Å². The minimum atomic E-state index is -1.02. The van der Waals surface area contributed by atoms with E-state index in [-0.39, 0.29) is 25.3 Å². The second kappa shape index (κ2) is 13.5. The molecule has 0 aliphatic heterocycles. The Labute approximate surface area is 242 Å². The topological polar surface area (TPSA) is 100 Å². The van der Waals surface area contributed by atoms with Gasteiger partial charge in [0.2, 0.25) is 11.8 Å². The molecule has 216 valence electrons. The van der Waals surface area contributed by atoms with Crippen LogP contribution in [0.3, 0.4) is 0 Å². The van der Waals surface area contributed by atoms with Crippen LogP contribution in [0.5, 0.6) is 0 Å². The Morgan fingerprint density at radius 3 is 2.45 bits per heavy atom. The number of aryl methyl sites for hydroxylation is 1. The Hall–Kier alpha value is -4.47. The van der Waals surface area contributed by atoms with Gasteiger partial charge in [-0.3, -0.25) is 9.78 Å². The van der Waals surface area contributed by atoms with Gasteiger partial charge in [-0.05, 0) is 71.5 Å². The van der Waals surface area contributed by atoms with E-state index in [1.54, 1.807) is 42.7 Å². The maximum atomic E-state index is 13.9. The molecule has 5 rings (SSSR count). The van der Waals surface area contributed by atoms with Crippen molar-refractivity contribution in [1.82, 2.24) is 20.6 Å². The van der Waals surface area contributed by atoms with Crippen LogP contribution in [0.2, 0.25) is 0 Å². The fraction of sp³-hybridized carbons (Fsp3) is 0.242. The first-order valence-corrected chi connectivity index (χ1v) is 13.9. The normalized spacial score (nSPS) is 12.8. The number of rotatable bonds is 12. The van der Waals surface area contributed by atoms with Crippen molar-refractivity contribution in [3.63, 3.8) is 0 Å². The molecule has 0 saturated heterocycles. The van der Waals surface area contributed by atoms with Crippen LogP contribution in [0.25, 0.3) is 22.6 Å². The van der Waals surface area contributed by atoms with E-state index in [1.165, 1.54) is 17.7 Å². The predicted molar refractivity (Wildman–Crippen MR) is 156 cm³/mol. The summed E-state index contributed by atoms with van der Waals surface area (Å²) in [4.78, 5) is 21.7. The highest BCUT2D eigenvalue weighted by Gasteiger charge is 2.23. The number of aliphatic hydroxyl groups excluding tert-OH is 1. The zero-order valence-corrected chi connectivity index (χ0v) is 23.2. The molecule has 0 aliphatic rings. The number of hydrogen-bond donors (Lipinski definition) is 3. The molecule has 0 spiro atoms. The molecule has 0 aliphatic carbocycles. The number of halogens is 2. The zero-order valence-electron chi connectivity index (χ0n) is 23.2. The van der Waals surface area contributed by atoms with Crippen molar-refractivity contribution in [2.75, 3.05) is 6.54 Å². The standard InChI is InChI=1S/C33H32F2N4O3/c1-2-21-4-3-5-23(12-21)19-37-20-30(40)28(16-24-13-26(34)18-27(35)14-24)38-32(41)17-22-6-7-31-29(15-22)39-33(42-31)25-8-10-36-11-9-25/h3-15,18,28,30,37,40H,2,16-17,19-20H2,1H3,(H,38,41)/t28-,30+/m0/s1. The Balaban J connectivity index is 1.27. The highest BCUT2D eigenvalue weighted by molar-refractivity contribution is 5.82. The first kappa shape index (κ1) is 29.0. The molecule has 2 atom stereocenters. The molecule has 3 N–H and O–H groups in total. The molecule has 0 unspecified atom stereocenters. The molecule has 42 heavy (non-hydrogen) atoms. The molecule has 2 heterocycles. The number of oxazole rings is 1. The largest absolute Gasteiger partial charge is 0.436 e. The fourth-order valence-electron chi connectivity index (χ4n) is 4.88. The number of carbonyl (C=O) groups is 1. The number of aromatic nitrogens is 2. The van der Waals surface area contributed by atoms with Crippen molar-refractivity contribution in [3.05, 3.63) is 119 Å². The highest BCUT2D eigenvalue weighted by Crippen LogP contribution is 2.24. The summed E-state index contributed by atoms with van der Waals surface area (Å²) >= 11 is 0. The first-order valence-electron chi connectivity index (χ1n) is 13.9. The third kappa shape index (κ3) is 7.63. The van der Waals surface area contributed by atoms with Crippen LogP contribution in [0.15, 0.2) is 89.6 Å². The van der Waals surface area contributed by atoms with Crippen molar-refractivity contribution >= 4 is 17.0 Å². The van der Waals surface area contributed by atoms with Gasteiger partial charge in [0.05, 0.1) is 18.6 Å². The Bertz CT molecular complexity index is 1640. The second-order valence-corrected chi connectivity index (χ2v) is 10.3. The van der Waals surface area contributed by atoms with Crippen LogP contribution < -0.4 is 10.6 Å². The summed E-state index contributed by atoms with van der Waals surface area (Å²) in [6.07, 6.45) is 3.28. The molecule has 0 radical (unpaired) electrons. The number of fused-ring (bicyclic) bond motifs is 1. The van der Waals surface area contributed by atoms with Gasteiger partial charge in [0.15, 0.2) is 5.58 Å². The summed E-state index contributed by atoms with van der Waals surface area (Å²) in [6.45, 7) is 2.78. The van der Waals surface area contributed by atoms with Crippen LogP contribution in [-0.2, 0) is 30.6 Å². The van der Waals surface area contributed by atoms with E-state index in [2.05, 4.69) is 39.7 Å². The number of nitrogens with zero attached hydrogens (tertiary/aromatic N) is 2. The first-order chi connectivity index (χ1) is 20.4. The van der Waals surface area contributed by atoms with Gasteiger partial charge < -0.3 is 20.2 Å². The summed E-state index contributed by atoms with van der Waals surface area (Å²) in [6, 6.07) is 19.5. The minimum Gasteiger partial charge on any atom is -0.436 e. The molecule has 0 saturated carbocycles. The number of aliphatic hydroxyl groups is 1. The second-order valence-electron chi connectivity index (χ2n) is 10.3. The third-order valence-corrected chi connectivity index (χ3v) is 7.01. The van der Waals surface area contributed by atoms with Gasteiger partial charge in [0, 0.05) is 37.1 Å². The number of nitrogens with one attached hydrogen (secondary N) is 2. The van der Waals surface area contributed by atoms with Crippen LogP contribution in [0.4, 0.5) is 8.78 Å². The van der Waals surface area contributed by atoms with Gasteiger partial charge in [0.1, 0.15) is 17.2 Å². The summed E-state index contributed by atoms with van der Waals surface area (Å²) in [5.41, 5.74) is 5.31. The summed E-state index contributed by atoms with van der Waals surface area (Å²) < 4.78 is 33.6. The predicted octanol–water partition coefficient (Wildman–Crippen LogP) is 5.15. The number of hydrogen-bond acceptors (Lipinski definition) is 6. The van der Waals surface area contributed by atoms with Gasteiger partial charge in [0.25, 0.3) is 0 Å². The molecular formula is C33H32F2N4O3. The third-order valence-electron chi connectivity index (χ3n) is 7.01. The molecule has 7 nitrogen and oxygen atoms in total. The number of benzene rings is 3. The fourth-order valence-corrected chi connectivity index (χ4v) is 4.88. The van der Waals surface area contributed by atoms with Crippen molar-refractivity contribution in [1.29, 1.82) is 0 Å². The van der Waals surface area contributed by atoms with E-state index < -0.39 is 23.8 Å². The summed E-state index contributed by atoms with van der Waals surface area (Å²) in [5, 5.41) is 17.2. The lowest BCUT2D eigenvalue weighted by molar-refractivity contribution is -0.122. The summed E-state index contributed by atoms with van der Waals surface area (Å²) in [5.74, 6) is -1.33. The monoisotopic (exact) mass is 570 g/mol. The van der Waals surface area contributed by atoms with E-state index >= 15 is 0 Å². The SMILES string of the molecule is CCc1cccc(CNC[C@@H](O)[C@H](Cc2cc(F)cc(F)c2)NC(=O)Cc2ccc3oc(-c4ccncc4)nc3c2)c1. The molecule has 0 fully saturated rings. The number of pyridine rings is 1. The maximum Gasteiger partial charge on any atom is 0.227 e. The summed E-state index contributed by atoms with van der Waals surface area (Å²) in [7, 11) is 0. The quantitative estimate of drug-likeness (QED) is 0.192. The van der Waals surface area contributed by atoms with E-state index in [4.69, 9.17) is 4.42 Å². The maximum absolute atomic E-state index is 13.9. The van der Waals surface area contributed by atoms with Gasteiger partial charge >= 0.3 is 0 Å². The van der Waals surface area contributed by atoms with Crippen molar-refractivity contribution in [2.24, 2.45) is 0 Å². The van der Waals surface area contributed by atoms with Gasteiger partial charge in [-0.15, -0.1) is 0 Å². The molecule has 3 aromatic carbocycles. The van der Waals surface area contributed by atoms with Crippen LogP contribution in [0, 0.1) is 11.6 Å². The molecule has 1 amide bonds. The van der Waals surface area contributed by atoms with Crippen molar-refractivity contribution in [2.45, 2.75) is 44.9 Å². The average Bonchev–Trinajstić information content (AvgIpc) is 3.40. The molecule has 9 heteroatoms. The van der Waals surface area contributed by atoms with Gasteiger partial charge in [-0.1, -0.05) is 37.3 Å². The van der Waals surface area contributed by atoms with Crippen LogP contribution in [0.1, 0.15) is 29.2 Å². The Kier molecular flexibility index (Phi) is 9.31. The van der Waals surface area contributed by atoms with E-state index in [0.29, 0.717) is 34.7 Å². The van der Waals surface area contributed by atoms with Gasteiger partial charge in [-0.25, -0.2) is 13.8 Å². The molecule has 2 aromatic heterocycles. The smallest absolute Gasteiger partial charge is 0.227 e. The lowest BCUT2D eigenvalue weighted by atomic mass is 10.00. The molecule has 5 aromatic rings. The zero-order chi connectivity index (χ0) is 29.5. The van der Waals surface area contributed by atoms with Crippen molar-refractivity contribution in [3.8, 4) is 11.5 Å². The van der Waals surface area contributed by atoms with E-state index in [0.717, 1.165) is 23.6 Å². The van der Waals surface area contributed by atoms with Gasteiger partial charge in [-0.2, -0.15) is 0 Å². The van der Waals surface area contributed by atoms with Crippen molar-refractivity contribution < 1.29 is 23.1 Å². The highest BCUT2D eigenvalue weighted by atomic mass is 19.1. The number of amides is 1. The minimum absolute atomic E-state index is 0.0192. The lowest BCUT2D eigenvalue weighted by Crippen LogP contribution is -2.49. The average molecular weight is 571 g/mol. The van der Waals surface area contributed by atoms with Crippen LogP contribution >= 0.6 is 0 Å². The van der Waals surface area contributed by atoms with E-state index in [9.17, 15) is 18.7 Å². The van der Waals surface area contributed by atoms with E-state index in [1.807, 2.05) is 12.1 Å². The molecule has 0 bridgehead atoms. The Morgan fingerprint density at radius 1 is 0.929 bits per heavy atom. The molecular weight excluding hydrogens is 538 g/mol.